The Balaban J connectivity index is 1.63. The number of hydrogen-bond donors (Lipinski definition) is 1. The lowest BCUT2D eigenvalue weighted by Crippen LogP contribution is -2.37. The number of anilines is 1. The topological polar surface area (TPSA) is 86.8 Å². The zero-order chi connectivity index (χ0) is 25.3. The molecule has 0 spiro atoms. The van der Waals surface area contributed by atoms with Gasteiger partial charge in [-0.05, 0) is 61.6 Å². The van der Waals surface area contributed by atoms with E-state index >= 15 is 0 Å². The molecule has 0 aliphatic carbocycles. The van der Waals surface area contributed by atoms with Crippen molar-refractivity contribution in [3.8, 4) is 0 Å². The van der Waals surface area contributed by atoms with Gasteiger partial charge in [0.1, 0.15) is 6.54 Å². The summed E-state index contributed by atoms with van der Waals surface area (Å²) >= 11 is 0. The lowest BCUT2D eigenvalue weighted by Gasteiger charge is -2.20. The first kappa shape index (κ1) is 26.6. The minimum atomic E-state index is -3.51. The van der Waals surface area contributed by atoms with E-state index in [4.69, 9.17) is 0 Å². The maximum atomic E-state index is 12.9. The summed E-state index contributed by atoms with van der Waals surface area (Å²) in [5.74, 6) is -0.523. The van der Waals surface area contributed by atoms with Crippen LogP contribution in [-0.2, 0) is 19.6 Å². The summed E-state index contributed by atoms with van der Waals surface area (Å²) in [5, 5.41) is 2.86. The van der Waals surface area contributed by atoms with Crippen molar-refractivity contribution in [3.05, 3.63) is 65.7 Å². The van der Waals surface area contributed by atoms with Crippen molar-refractivity contribution in [2.75, 3.05) is 31.5 Å². The number of amides is 2. The summed E-state index contributed by atoms with van der Waals surface area (Å²) in [4.78, 5) is 27.1. The molecule has 2 aromatic rings. The number of para-hydroxylation sites is 1. The van der Waals surface area contributed by atoms with Crippen LogP contribution in [0.2, 0.25) is 0 Å². The van der Waals surface area contributed by atoms with Crippen LogP contribution in [0.25, 0.3) is 6.08 Å². The van der Waals surface area contributed by atoms with Crippen molar-refractivity contribution in [3.63, 3.8) is 0 Å². The van der Waals surface area contributed by atoms with Crippen LogP contribution in [0.4, 0.5) is 5.69 Å². The maximum Gasteiger partial charge on any atom is 0.247 e. The summed E-state index contributed by atoms with van der Waals surface area (Å²) in [6.45, 7) is 5.40. The van der Waals surface area contributed by atoms with Gasteiger partial charge in [0.25, 0.3) is 0 Å². The van der Waals surface area contributed by atoms with Crippen LogP contribution in [0, 0.1) is 6.92 Å². The molecule has 0 aromatic heterocycles. The standard InChI is InChI=1S/C27H35N3O4S/c1-3-18-29(21-26(31)28-25-11-7-6-10-22(25)2)27(32)17-14-23-12-15-24(16-13-23)35(33,34)30-19-8-4-5-9-20-30/h6-7,10-17H,3-5,8-9,18-21H2,1-2H3,(H,28,31). The molecule has 8 heteroatoms. The molecule has 2 aromatic carbocycles. The predicted molar refractivity (Wildman–Crippen MR) is 139 cm³/mol. The third kappa shape index (κ3) is 7.50. The van der Waals surface area contributed by atoms with Gasteiger partial charge in [0.2, 0.25) is 21.8 Å². The molecule has 0 bridgehead atoms. The second-order valence-corrected chi connectivity index (χ2v) is 10.8. The van der Waals surface area contributed by atoms with Gasteiger partial charge in [-0.25, -0.2) is 8.42 Å². The van der Waals surface area contributed by atoms with Crippen molar-refractivity contribution in [2.24, 2.45) is 0 Å². The highest BCUT2D eigenvalue weighted by molar-refractivity contribution is 7.89. The summed E-state index contributed by atoms with van der Waals surface area (Å²) in [6.07, 6.45) is 7.69. The summed E-state index contributed by atoms with van der Waals surface area (Å²) in [5.41, 5.74) is 2.40. The number of hydrogen-bond acceptors (Lipinski definition) is 4. The highest BCUT2D eigenvalue weighted by Crippen LogP contribution is 2.21. The molecule has 0 atom stereocenters. The molecule has 1 aliphatic heterocycles. The molecular formula is C27H35N3O4S. The maximum absolute atomic E-state index is 12.9. The molecule has 1 saturated heterocycles. The lowest BCUT2D eigenvalue weighted by molar-refractivity contribution is -0.130. The summed E-state index contributed by atoms with van der Waals surface area (Å²) in [7, 11) is -3.51. The van der Waals surface area contributed by atoms with Crippen LogP contribution >= 0.6 is 0 Å². The quantitative estimate of drug-likeness (QED) is 0.519. The molecular weight excluding hydrogens is 462 g/mol. The lowest BCUT2D eigenvalue weighted by atomic mass is 10.2. The third-order valence-electron chi connectivity index (χ3n) is 6.06. The largest absolute Gasteiger partial charge is 0.330 e. The molecule has 0 radical (unpaired) electrons. The molecule has 3 rings (SSSR count). The van der Waals surface area contributed by atoms with Gasteiger partial charge in [0, 0.05) is 31.4 Å². The van der Waals surface area contributed by atoms with Crippen molar-refractivity contribution in [2.45, 2.75) is 50.8 Å². The summed E-state index contributed by atoms with van der Waals surface area (Å²) in [6, 6.07) is 14.1. The fraction of sp³-hybridized carbons (Fsp3) is 0.407. The Hall–Kier alpha value is -2.97. The number of aryl methyl sites for hydroxylation is 1. The molecule has 35 heavy (non-hydrogen) atoms. The van der Waals surface area contributed by atoms with Gasteiger partial charge in [0.15, 0.2) is 0 Å². The first-order valence-electron chi connectivity index (χ1n) is 12.2. The first-order valence-corrected chi connectivity index (χ1v) is 13.7. The van der Waals surface area contributed by atoms with Crippen molar-refractivity contribution < 1.29 is 18.0 Å². The van der Waals surface area contributed by atoms with E-state index in [1.165, 1.54) is 11.0 Å². The Morgan fingerprint density at radius 3 is 2.29 bits per heavy atom. The van der Waals surface area contributed by atoms with Crippen molar-refractivity contribution in [1.82, 2.24) is 9.21 Å². The van der Waals surface area contributed by atoms with E-state index in [2.05, 4.69) is 5.32 Å². The molecule has 0 unspecified atom stereocenters. The zero-order valence-electron chi connectivity index (χ0n) is 20.6. The Labute approximate surface area is 208 Å². The van der Waals surface area contributed by atoms with Gasteiger partial charge in [0.05, 0.1) is 4.90 Å². The third-order valence-corrected chi connectivity index (χ3v) is 7.97. The number of nitrogens with zero attached hydrogens (tertiary/aromatic N) is 2. The van der Waals surface area contributed by atoms with E-state index in [1.807, 2.05) is 38.1 Å². The molecule has 7 nitrogen and oxygen atoms in total. The SMILES string of the molecule is CCCN(CC(=O)Nc1ccccc1C)C(=O)C=Cc1ccc(S(=O)(=O)N2CCCCCC2)cc1. The highest BCUT2D eigenvalue weighted by atomic mass is 32.2. The van der Waals surface area contributed by atoms with Crippen LogP contribution in [0.15, 0.2) is 59.5 Å². The molecule has 188 valence electrons. The second-order valence-electron chi connectivity index (χ2n) is 8.84. The van der Waals surface area contributed by atoms with Crippen LogP contribution < -0.4 is 5.32 Å². The Kier molecular flexibility index (Phi) is 9.63. The van der Waals surface area contributed by atoms with Crippen LogP contribution in [-0.4, -0.2) is 55.6 Å². The van der Waals surface area contributed by atoms with Crippen molar-refractivity contribution in [1.29, 1.82) is 0 Å². The van der Waals surface area contributed by atoms with Gasteiger partial charge in [-0.15, -0.1) is 0 Å². The molecule has 2 amide bonds. The smallest absolute Gasteiger partial charge is 0.247 e. The van der Waals surface area contributed by atoms with E-state index in [0.717, 1.165) is 43.4 Å². The number of carbonyl (C=O) groups excluding carboxylic acids is 2. The Bertz CT molecular complexity index is 1140. The van der Waals surface area contributed by atoms with E-state index in [0.29, 0.717) is 25.2 Å². The Morgan fingerprint density at radius 2 is 1.66 bits per heavy atom. The van der Waals surface area contributed by atoms with Gasteiger partial charge in [-0.1, -0.05) is 50.1 Å². The first-order chi connectivity index (χ1) is 16.8. The fourth-order valence-corrected chi connectivity index (χ4v) is 5.59. The van der Waals surface area contributed by atoms with Gasteiger partial charge < -0.3 is 10.2 Å². The fourth-order valence-electron chi connectivity index (χ4n) is 4.07. The zero-order valence-corrected chi connectivity index (χ0v) is 21.4. The van der Waals surface area contributed by atoms with Crippen molar-refractivity contribution >= 4 is 33.6 Å². The average Bonchev–Trinajstić information content (AvgIpc) is 3.14. The molecule has 1 heterocycles. The van der Waals surface area contributed by atoms with Crippen LogP contribution in [0.3, 0.4) is 0 Å². The van der Waals surface area contributed by atoms with Crippen LogP contribution in [0.5, 0.6) is 0 Å². The van der Waals surface area contributed by atoms with Gasteiger partial charge in [-0.2, -0.15) is 4.31 Å². The Morgan fingerprint density at radius 1 is 1.00 bits per heavy atom. The number of carbonyl (C=O) groups is 2. The van der Waals surface area contributed by atoms with Gasteiger partial charge in [-0.3, -0.25) is 9.59 Å². The van der Waals surface area contributed by atoms with Crippen LogP contribution in [0.1, 0.15) is 50.2 Å². The van der Waals surface area contributed by atoms with E-state index in [-0.39, 0.29) is 23.3 Å². The predicted octanol–water partition coefficient (Wildman–Crippen LogP) is 4.45. The highest BCUT2D eigenvalue weighted by Gasteiger charge is 2.24. The average molecular weight is 498 g/mol. The number of nitrogens with one attached hydrogen (secondary N) is 1. The monoisotopic (exact) mass is 497 g/mol. The van der Waals surface area contributed by atoms with E-state index in [9.17, 15) is 18.0 Å². The number of rotatable bonds is 9. The van der Waals surface area contributed by atoms with Gasteiger partial charge >= 0.3 is 0 Å². The minimum Gasteiger partial charge on any atom is -0.330 e. The van der Waals surface area contributed by atoms with E-state index in [1.54, 1.807) is 34.6 Å². The number of benzene rings is 2. The second kappa shape index (κ2) is 12.7. The molecule has 1 N–H and O–H groups in total. The molecule has 1 fully saturated rings. The van der Waals surface area contributed by atoms with E-state index < -0.39 is 10.0 Å². The minimum absolute atomic E-state index is 0.0433. The molecule has 1 aliphatic rings. The normalized spacial score (nSPS) is 15.0. The molecule has 0 saturated carbocycles. The summed E-state index contributed by atoms with van der Waals surface area (Å²) < 4.78 is 27.5. The number of sulfonamides is 1.